The van der Waals surface area contributed by atoms with Gasteiger partial charge in [-0.1, -0.05) is 0 Å². The molecular formula is C13H22N4O. The third kappa shape index (κ3) is 2.85. The highest BCUT2D eigenvalue weighted by Crippen LogP contribution is 2.21. The van der Waals surface area contributed by atoms with Crippen LogP contribution >= 0.6 is 0 Å². The molecule has 1 aromatic heterocycles. The Balaban J connectivity index is 2.15. The number of morpholine rings is 1. The van der Waals surface area contributed by atoms with Gasteiger partial charge in [-0.15, -0.1) is 0 Å². The minimum absolute atomic E-state index is 0.0351. The highest BCUT2D eigenvalue weighted by molar-refractivity contribution is 5.16. The van der Waals surface area contributed by atoms with Crippen molar-refractivity contribution in [2.75, 3.05) is 19.7 Å². The van der Waals surface area contributed by atoms with Gasteiger partial charge in [-0.05, 0) is 26.3 Å². The molecule has 1 aliphatic heterocycles. The summed E-state index contributed by atoms with van der Waals surface area (Å²) in [6.07, 6.45) is 1.80. The lowest BCUT2D eigenvalue weighted by molar-refractivity contribution is -0.0443. The minimum atomic E-state index is -0.0351. The molecule has 5 nitrogen and oxygen atoms in total. The molecule has 0 bridgehead atoms. The second kappa shape index (κ2) is 5.73. The molecule has 0 saturated carbocycles. The minimum Gasteiger partial charge on any atom is -0.368 e. The van der Waals surface area contributed by atoms with Gasteiger partial charge in [0.2, 0.25) is 0 Å². The lowest BCUT2D eigenvalue weighted by Gasteiger charge is -2.34. The van der Waals surface area contributed by atoms with E-state index in [2.05, 4.69) is 28.7 Å². The standard InChI is InChI=1S/C13H22N4O/c1-9(2)17-4-5-18-12(8-17)13-15-7-10(3)11(6-14)16-13/h7,9,12H,4-6,8,14H2,1-3H3. The van der Waals surface area contributed by atoms with Crippen LogP contribution in [0, 0.1) is 6.92 Å². The van der Waals surface area contributed by atoms with Gasteiger partial charge in [0.05, 0.1) is 12.3 Å². The highest BCUT2D eigenvalue weighted by atomic mass is 16.5. The molecule has 100 valence electrons. The van der Waals surface area contributed by atoms with Crippen molar-refractivity contribution in [1.82, 2.24) is 14.9 Å². The van der Waals surface area contributed by atoms with Crippen LogP contribution in [0.2, 0.25) is 0 Å². The molecule has 2 heterocycles. The second-order valence-corrected chi connectivity index (χ2v) is 5.01. The summed E-state index contributed by atoms with van der Waals surface area (Å²) in [4.78, 5) is 11.3. The number of ether oxygens (including phenoxy) is 1. The van der Waals surface area contributed by atoms with E-state index in [0.29, 0.717) is 12.6 Å². The Morgan fingerprint density at radius 1 is 1.56 bits per heavy atom. The van der Waals surface area contributed by atoms with Crippen LogP contribution in [0.25, 0.3) is 0 Å². The largest absolute Gasteiger partial charge is 0.368 e. The number of nitrogens with zero attached hydrogens (tertiary/aromatic N) is 3. The van der Waals surface area contributed by atoms with Crippen LogP contribution in [-0.2, 0) is 11.3 Å². The molecule has 0 aliphatic carbocycles. The van der Waals surface area contributed by atoms with Crippen molar-refractivity contribution in [3.63, 3.8) is 0 Å². The fourth-order valence-corrected chi connectivity index (χ4v) is 2.15. The number of aromatic nitrogens is 2. The van der Waals surface area contributed by atoms with Crippen LogP contribution < -0.4 is 5.73 Å². The van der Waals surface area contributed by atoms with Gasteiger partial charge < -0.3 is 10.5 Å². The Hall–Kier alpha value is -1.04. The first-order valence-corrected chi connectivity index (χ1v) is 6.50. The van der Waals surface area contributed by atoms with E-state index in [4.69, 9.17) is 10.5 Å². The van der Waals surface area contributed by atoms with E-state index in [-0.39, 0.29) is 6.10 Å². The van der Waals surface area contributed by atoms with Gasteiger partial charge in [0.1, 0.15) is 6.10 Å². The molecule has 1 atom stereocenters. The van der Waals surface area contributed by atoms with Crippen LogP contribution in [-0.4, -0.2) is 40.6 Å². The van der Waals surface area contributed by atoms with E-state index < -0.39 is 0 Å². The van der Waals surface area contributed by atoms with Crippen LogP contribution in [0.15, 0.2) is 6.20 Å². The monoisotopic (exact) mass is 250 g/mol. The fraction of sp³-hybridized carbons (Fsp3) is 0.692. The quantitative estimate of drug-likeness (QED) is 0.868. The Morgan fingerprint density at radius 3 is 3.00 bits per heavy atom. The van der Waals surface area contributed by atoms with E-state index in [1.54, 1.807) is 0 Å². The maximum Gasteiger partial charge on any atom is 0.158 e. The smallest absolute Gasteiger partial charge is 0.158 e. The lowest BCUT2D eigenvalue weighted by atomic mass is 10.2. The number of rotatable bonds is 3. The molecule has 18 heavy (non-hydrogen) atoms. The third-order valence-electron chi connectivity index (χ3n) is 3.40. The third-order valence-corrected chi connectivity index (χ3v) is 3.40. The first-order chi connectivity index (χ1) is 8.61. The Kier molecular flexibility index (Phi) is 4.27. The van der Waals surface area contributed by atoms with Crippen molar-refractivity contribution in [1.29, 1.82) is 0 Å². The number of hydrogen-bond donors (Lipinski definition) is 1. The molecule has 2 N–H and O–H groups in total. The zero-order chi connectivity index (χ0) is 13.1. The lowest BCUT2D eigenvalue weighted by Crippen LogP contribution is -2.42. The average Bonchev–Trinajstić information content (AvgIpc) is 2.39. The molecule has 0 aromatic carbocycles. The number of hydrogen-bond acceptors (Lipinski definition) is 5. The molecular weight excluding hydrogens is 228 g/mol. The van der Waals surface area contributed by atoms with E-state index in [1.807, 2.05) is 13.1 Å². The van der Waals surface area contributed by atoms with Gasteiger partial charge in [0.25, 0.3) is 0 Å². The average molecular weight is 250 g/mol. The first kappa shape index (κ1) is 13.4. The van der Waals surface area contributed by atoms with Gasteiger partial charge in [-0.3, -0.25) is 4.90 Å². The van der Waals surface area contributed by atoms with E-state index >= 15 is 0 Å². The Morgan fingerprint density at radius 2 is 2.33 bits per heavy atom. The summed E-state index contributed by atoms with van der Waals surface area (Å²) in [6.45, 7) is 9.38. The van der Waals surface area contributed by atoms with E-state index in [9.17, 15) is 0 Å². The molecule has 1 fully saturated rings. The van der Waals surface area contributed by atoms with Crippen molar-refractivity contribution < 1.29 is 4.74 Å². The molecule has 5 heteroatoms. The normalized spacial score (nSPS) is 21.5. The summed E-state index contributed by atoms with van der Waals surface area (Å²) in [5.74, 6) is 0.756. The zero-order valence-corrected chi connectivity index (χ0v) is 11.4. The van der Waals surface area contributed by atoms with Crippen molar-refractivity contribution in [2.45, 2.75) is 39.5 Å². The molecule has 1 unspecified atom stereocenters. The van der Waals surface area contributed by atoms with Gasteiger partial charge in [0, 0.05) is 31.9 Å². The van der Waals surface area contributed by atoms with Crippen molar-refractivity contribution in [2.24, 2.45) is 5.73 Å². The summed E-state index contributed by atoms with van der Waals surface area (Å²) in [6, 6.07) is 0.524. The maximum absolute atomic E-state index is 5.78. The van der Waals surface area contributed by atoms with Gasteiger partial charge in [-0.25, -0.2) is 9.97 Å². The van der Waals surface area contributed by atoms with E-state index in [0.717, 1.165) is 36.8 Å². The fourth-order valence-electron chi connectivity index (χ4n) is 2.15. The van der Waals surface area contributed by atoms with Crippen molar-refractivity contribution in [3.05, 3.63) is 23.3 Å². The van der Waals surface area contributed by atoms with E-state index in [1.165, 1.54) is 0 Å². The summed E-state index contributed by atoms with van der Waals surface area (Å²) in [5, 5.41) is 0. The van der Waals surface area contributed by atoms with Crippen molar-refractivity contribution in [3.8, 4) is 0 Å². The SMILES string of the molecule is Cc1cnc(C2CN(C(C)C)CCO2)nc1CN. The maximum atomic E-state index is 5.78. The van der Waals surface area contributed by atoms with Crippen LogP contribution in [0.1, 0.15) is 37.0 Å². The summed E-state index contributed by atoms with van der Waals surface area (Å²) >= 11 is 0. The molecule has 1 aliphatic rings. The van der Waals surface area contributed by atoms with Crippen LogP contribution in [0.5, 0.6) is 0 Å². The summed E-state index contributed by atoms with van der Waals surface area (Å²) in [5.41, 5.74) is 7.63. The van der Waals surface area contributed by atoms with Gasteiger partial charge >= 0.3 is 0 Å². The number of aryl methyl sites for hydroxylation is 1. The number of nitrogens with two attached hydrogens (primary N) is 1. The second-order valence-electron chi connectivity index (χ2n) is 5.01. The summed E-state index contributed by atoms with van der Waals surface area (Å²) < 4.78 is 5.78. The Labute approximate surface area is 108 Å². The Bertz CT molecular complexity index is 408. The predicted octanol–water partition coefficient (Wildman–Crippen LogP) is 1.03. The predicted molar refractivity (Wildman–Crippen MR) is 70.1 cm³/mol. The van der Waals surface area contributed by atoms with Crippen LogP contribution in [0.3, 0.4) is 0 Å². The van der Waals surface area contributed by atoms with Crippen molar-refractivity contribution >= 4 is 0 Å². The molecule has 1 saturated heterocycles. The molecule has 0 spiro atoms. The van der Waals surface area contributed by atoms with Gasteiger partial charge in [0.15, 0.2) is 5.82 Å². The molecule has 1 aromatic rings. The zero-order valence-electron chi connectivity index (χ0n) is 11.4. The molecule has 0 amide bonds. The molecule has 0 radical (unpaired) electrons. The first-order valence-electron chi connectivity index (χ1n) is 6.50. The summed E-state index contributed by atoms with van der Waals surface area (Å²) in [7, 11) is 0. The highest BCUT2D eigenvalue weighted by Gasteiger charge is 2.25. The van der Waals surface area contributed by atoms with Crippen LogP contribution in [0.4, 0.5) is 0 Å². The van der Waals surface area contributed by atoms with Gasteiger partial charge in [-0.2, -0.15) is 0 Å². The molecule has 2 rings (SSSR count). The topological polar surface area (TPSA) is 64.3 Å².